The van der Waals surface area contributed by atoms with E-state index >= 15 is 0 Å². The summed E-state index contributed by atoms with van der Waals surface area (Å²) < 4.78 is 0. The lowest BCUT2D eigenvalue weighted by Crippen LogP contribution is -2.27. The number of hydrogen-bond donors (Lipinski definition) is 2. The number of carbonyl (C=O) groups is 2. The number of nitrogens with one attached hydrogen (secondary N) is 2. The molecule has 2 aliphatic rings. The second-order valence-electron chi connectivity index (χ2n) is 4.55. The van der Waals surface area contributed by atoms with E-state index in [2.05, 4.69) is 23.8 Å². The molecule has 2 aliphatic heterocycles. The lowest BCUT2D eigenvalue weighted by atomic mass is 10.0. The van der Waals surface area contributed by atoms with Gasteiger partial charge in [0.25, 0.3) is 0 Å². The van der Waals surface area contributed by atoms with Crippen molar-refractivity contribution >= 4 is 11.8 Å². The van der Waals surface area contributed by atoms with E-state index in [9.17, 15) is 9.59 Å². The predicted molar refractivity (Wildman–Crippen MR) is 71.9 cm³/mol. The highest BCUT2D eigenvalue weighted by molar-refractivity contribution is 5.82. The number of hydrogen-bond acceptors (Lipinski definition) is 2. The molecule has 2 fully saturated rings. The first-order valence-corrected chi connectivity index (χ1v) is 6.49. The van der Waals surface area contributed by atoms with Crippen molar-refractivity contribution in [3.05, 3.63) is 25.3 Å². The van der Waals surface area contributed by atoms with Gasteiger partial charge in [-0.3, -0.25) is 9.59 Å². The molecule has 2 N–H and O–H groups in total. The van der Waals surface area contributed by atoms with Crippen LogP contribution in [0.1, 0.15) is 25.7 Å². The third kappa shape index (κ3) is 4.35. The average Bonchev–Trinajstić information content (AvgIpc) is 2.68. The number of carbonyl (C=O) groups excluding carboxylic acids is 2. The summed E-state index contributed by atoms with van der Waals surface area (Å²) in [6.45, 7) is 8.80. The molecule has 100 valence electrons. The van der Waals surface area contributed by atoms with Gasteiger partial charge in [0, 0.05) is 13.1 Å². The first-order chi connectivity index (χ1) is 8.69. The Morgan fingerprint density at radius 3 is 1.94 bits per heavy atom. The Morgan fingerprint density at radius 1 is 0.889 bits per heavy atom. The van der Waals surface area contributed by atoms with Gasteiger partial charge in [0.05, 0.1) is 11.8 Å². The standard InChI is InChI=1S/C8H13NO.C6H9NO/c1-2-7-5-3-4-6-9-8(7)10;1-2-5-3-4-7-6(5)8/h2,7H,1,3-6H2,(H,9,10);2,5H,1,3-4H2,(H,7,8). The summed E-state index contributed by atoms with van der Waals surface area (Å²) in [6, 6.07) is 0. The molecule has 2 saturated heterocycles. The van der Waals surface area contributed by atoms with Gasteiger partial charge in [0.1, 0.15) is 0 Å². The van der Waals surface area contributed by atoms with Gasteiger partial charge in [-0.05, 0) is 19.3 Å². The molecule has 2 unspecified atom stereocenters. The van der Waals surface area contributed by atoms with Crippen molar-refractivity contribution in [3.8, 4) is 0 Å². The summed E-state index contributed by atoms with van der Waals surface area (Å²) in [5.41, 5.74) is 0. The monoisotopic (exact) mass is 250 g/mol. The van der Waals surface area contributed by atoms with Gasteiger partial charge in [-0.2, -0.15) is 0 Å². The maximum Gasteiger partial charge on any atom is 0.226 e. The van der Waals surface area contributed by atoms with E-state index in [-0.39, 0.29) is 23.7 Å². The second kappa shape index (κ2) is 7.69. The maximum absolute atomic E-state index is 11.1. The van der Waals surface area contributed by atoms with Crippen LogP contribution < -0.4 is 10.6 Å². The minimum atomic E-state index is 0.0579. The third-order valence-corrected chi connectivity index (χ3v) is 3.24. The summed E-state index contributed by atoms with van der Waals surface area (Å²) in [4.78, 5) is 21.7. The first kappa shape index (κ1) is 14.5. The summed E-state index contributed by atoms with van der Waals surface area (Å²) in [6.07, 6.45) is 7.56. The van der Waals surface area contributed by atoms with Crippen LogP contribution in [0.2, 0.25) is 0 Å². The molecule has 0 aromatic carbocycles. The van der Waals surface area contributed by atoms with Crippen LogP contribution in [-0.2, 0) is 9.59 Å². The lowest BCUT2D eigenvalue weighted by molar-refractivity contribution is -0.123. The minimum Gasteiger partial charge on any atom is -0.356 e. The summed E-state index contributed by atoms with van der Waals surface area (Å²) in [5.74, 6) is 0.407. The van der Waals surface area contributed by atoms with Gasteiger partial charge in [-0.1, -0.05) is 18.6 Å². The molecule has 18 heavy (non-hydrogen) atoms. The fraction of sp³-hybridized carbons (Fsp3) is 0.571. The largest absolute Gasteiger partial charge is 0.356 e. The third-order valence-electron chi connectivity index (χ3n) is 3.24. The Balaban J connectivity index is 0.000000184. The molecule has 0 radical (unpaired) electrons. The average molecular weight is 250 g/mol. The second-order valence-corrected chi connectivity index (χ2v) is 4.55. The van der Waals surface area contributed by atoms with Gasteiger partial charge < -0.3 is 10.6 Å². The zero-order chi connectivity index (χ0) is 13.4. The molecule has 2 atom stereocenters. The lowest BCUT2D eigenvalue weighted by Gasteiger charge is -2.05. The van der Waals surface area contributed by atoms with Crippen LogP contribution in [0.3, 0.4) is 0 Å². The summed E-state index contributed by atoms with van der Waals surface area (Å²) >= 11 is 0. The SMILES string of the molecule is C=CC1CCCCNC1=O.C=CC1CCNC1=O. The van der Waals surface area contributed by atoms with E-state index in [0.29, 0.717) is 0 Å². The van der Waals surface area contributed by atoms with Crippen LogP contribution in [0.15, 0.2) is 25.3 Å². The summed E-state index contributed by atoms with van der Waals surface area (Å²) in [5, 5.41) is 5.55. The normalized spacial score (nSPS) is 27.1. The molecule has 2 rings (SSSR count). The van der Waals surface area contributed by atoms with Crippen LogP contribution in [0, 0.1) is 11.8 Å². The van der Waals surface area contributed by atoms with Crippen LogP contribution in [0.25, 0.3) is 0 Å². The zero-order valence-electron chi connectivity index (χ0n) is 10.8. The quantitative estimate of drug-likeness (QED) is 0.728. The van der Waals surface area contributed by atoms with E-state index in [1.807, 2.05) is 0 Å². The molecule has 4 nitrogen and oxygen atoms in total. The van der Waals surface area contributed by atoms with E-state index in [1.165, 1.54) is 0 Å². The number of amides is 2. The van der Waals surface area contributed by atoms with E-state index in [0.717, 1.165) is 38.8 Å². The van der Waals surface area contributed by atoms with Crippen molar-refractivity contribution in [2.75, 3.05) is 13.1 Å². The Labute approximate surface area is 109 Å². The van der Waals surface area contributed by atoms with Crippen LogP contribution in [-0.4, -0.2) is 24.9 Å². The van der Waals surface area contributed by atoms with E-state index in [1.54, 1.807) is 12.2 Å². The number of rotatable bonds is 2. The van der Waals surface area contributed by atoms with Gasteiger partial charge in [-0.15, -0.1) is 13.2 Å². The Bertz CT molecular complexity index is 326. The molecule has 0 aliphatic carbocycles. The minimum absolute atomic E-state index is 0.0579. The van der Waals surface area contributed by atoms with E-state index in [4.69, 9.17) is 0 Å². The van der Waals surface area contributed by atoms with Crippen molar-refractivity contribution in [2.45, 2.75) is 25.7 Å². The molecular weight excluding hydrogens is 228 g/mol. The van der Waals surface area contributed by atoms with Crippen LogP contribution >= 0.6 is 0 Å². The summed E-state index contributed by atoms with van der Waals surface area (Å²) in [7, 11) is 0. The van der Waals surface area contributed by atoms with Crippen molar-refractivity contribution < 1.29 is 9.59 Å². The highest BCUT2D eigenvalue weighted by Crippen LogP contribution is 2.12. The first-order valence-electron chi connectivity index (χ1n) is 6.49. The molecule has 2 amide bonds. The van der Waals surface area contributed by atoms with E-state index < -0.39 is 0 Å². The fourth-order valence-corrected chi connectivity index (χ4v) is 2.03. The van der Waals surface area contributed by atoms with Crippen LogP contribution in [0.4, 0.5) is 0 Å². The Hall–Kier alpha value is -1.58. The topological polar surface area (TPSA) is 58.2 Å². The smallest absolute Gasteiger partial charge is 0.226 e. The van der Waals surface area contributed by atoms with Crippen molar-refractivity contribution in [1.29, 1.82) is 0 Å². The van der Waals surface area contributed by atoms with Gasteiger partial charge >= 0.3 is 0 Å². The van der Waals surface area contributed by atoms with Crippen molar-refractivity contribution in [3.63, 3.8) is 0 Å². The van der Waals surface area contributed by atoms with Crippen LogP contribution in [0.5, 0.6) is 0 Å². The maximum atomic E-state index is 11.1. The highest BCUT2D eigenvalue weighted by atomic mass is 16.2. The Morgan fingerprint density at radius 2 is 1.44 bits per heavy atom. The molecule has 0 bridgehead atoms. The molecule has 0 aromatic heterocycles. The fourth-order valence-electron chi connectivity index (χ4n) is 2.03. The predicted octanol–water partition coefficient (Wildman–Crippen LogP) is 1.40. The van der Waals surface area contributed by atoms with Crippen molar-refractivity contribution in [1.82, 2.24) is 10.6 Å². The van der Waals surface area contributed by atoms with Crippen molar-refractivity contribution in [2.24, 2.45) is 11.8 Å². The van der Waals surface area contributed by atoms with Gasteiger partial charge in [0.2, 0.25) is 11.8 Å². The molecule has 2 heterocycles. The van der Waals surface area contributed by atoms with Gasteiger partial charge in [0.15, 0.2) is 0 Å². The zero-order valence-corrected chi connectivity index (χ0v) is 10.8. The molecule has 0 saturated carbocycles. The molecular formula is C14H22N2O2. The highest BCUT2D eigenvalue weighted by Gasteiger charge is 2.19. The van der Waals surface area contributed by atoms with Gasteiger partial charge in [-0.25, -0.2) is 0 Å². The molecule has 0 aromatic rings. The molecule has 4 heteroatoms. The Kier molecular flexibility index (Phi) is 6.19. The molecule has 0 spiro atoms.